The summed E-state index contributed by atoms with van der Waals surface area (Å²) >= 11 is 0. The molecule has 19 heavy (non-hydrogen) atoms. The number of ether oxygens (including phenoxy) is 2. The Bertz CT molecular complexity index is 457. The maximum absolute atomic E-state index is 12.6. The third kappa shape index (κ3) is 3.63. The molecule has 10 heteroatoms. The molecule has 1 heterocycles. The lowest BCUT2D eigenvalue weighted by Gasteiger charge is -2.18. The number of methoxy groups -OCH3 is 1. The Kier molecular flexibility index (Phi) is 4.13. The molecule has 0 aliphatic heterocycles. The van der Waals surface area contributed by atoms with Gasteiger partial charge in [-0.05, 0) is 0 Å². The summed E-state index contributed by atoms with van der Waals surface area (Å²) in [6.07, 6.45) is -9.79. The Balaban J connectivity index is 3.49. The summed E-state index contributed by atoms with van der Waals surface area (Å²) < 4.78 is 82.2. The largest absolute Gasteiger partial charge is 0.573 e. The van der Waals surface area contributed by atoms with E-state index >= 15 is 0 Å². The van der Waals surface area contributed by atoms with Crippen LogP contribution in [0.1, 0.15) is 11.3 Å². The Morgan fingerprint density at radius 1 is 1.21 bits per heavy atom. The number of halogens is 6. The highest BCUT2D eigenvalue weighted by molar-refractivity contribution is 5.47. The van der Waals surface area contributed by atoms with Crippen LogP contribution in [0.5, 0.6) is 11.5 Å². The summed E-state index contributed by atoms with van der Waals surface area (Å²) in [4.78, 5) is 2.88. The molecule has 2 N–H and O–H groups in total. The van der Waals surface area contributed by atoms with E-state index in [1.54, 1.807) is 0 Å². The Hall–Kier alpha value is -1.71. The van der Waals surface area contributed by atoms with Crippen LogP contribution in [0.4, 0.5) is 26.3 Å². The van der Waals surface area contributed by atoms with E-state index in [2.05, 4.69) is 14.5 Å². The van der Waals surface area contributed by atoms with Gasteiger partial charge in [-0.1, -0.05) is 0 Å². The van der Waals surface area contributed by atoms with Crippen molar-refractivity contribution in [2.24, 2.45) is 5.73 Å². The van der Waals surface area contributed by atoms with E-state index < -0.39 is 36.1 Å². The zero-order valence-corrected chi connectivity index (χ0v) is 9.39. The van der Waals surface area contributed by atoms with E-state index in [4.69, 9.17) is 5.73 Å². The van der Waals surface area contributed by atoms with Gasteiger partial charge in [-0.25, -0.2) is 4.98 Å². The number of pyridine rings is 1. The second kappa shape index (κ2) is 5.11. The molecule has 1 rings (SSSR count). The minimum atomic E-state index is -5.31. The van der Waals surface area contributed by atoms with Crippen LogP contribution < -0.4 is 15.2 Å². The Morgan fingerprint density at radius 3 is 2.16 bits per heavy atom. The van der Waals surface area contributed by atoms with Crippen LogP contribution in [0, 0.1) is 0 Å². The van der Waals surface area contributed by atoms with Gasteiger partial charge in [0.1, 0.15) is 5.75 Å². The SMILES string of the molecule is COc1cnc(C(F)(F)F)c(OC(F)(F)F)c1CN. The molecule has 0 amide bonds. The number of alkyl halides is 6. The minimum Gasteiger partial charge on any atom is -0.495 e. The fourth-order valence-corrected chi connectivity index (χ4v) is 1.31. The monoisotopic (exact) mass is 290 g/mol. The standard InChI is InChI=1S/C9H8F6N2O2/c1-18-5-3-17-7(8(10,11)12)6(4(5)2-16)19-9(13,14)15/h3H,2,16H2,1H3. The van der Waals surface area contributed by atoms with Crippen LogP contribution in [-0.4, -0.2) is 18.5 Å². The number of nitrogens with two attached hydrogens (primary N) is 1. The molecule has 0 aliphatic carbocycles. The fraction of sp³-hybridized carbons (Fsp3) is 0.444. The number of rotatable bonds is 3. The molecule has 0 aromatic carbocycles. The molecule has 0 radical (unpaired) electrons. The normalized spacial score (nSPS) is 12.4. The summed E-state index contributed by atoms with van der Waals surface area (Å²) in [6, 6.07) is 0. The van der Waals surface area contributed by atoms with Gasteiger partial charge in [-0.3, -0.25) is 0 Å². The highest BCUT2D eigenvalue weighted by Gasteiger charge is 2.42. The number of aromatic nitrogens is 1. The first kappa shape index (κ1) is 15.3. The Labute approximate surface area is 103 Å². The third-order valence-electron chi connectivity index (χ3n) is 2.01. The lowest BCUT2D eigenvalue weighted by molar-refractivity contribution is -0.276. The van der Waals surface area contributed by atoms with Gasteiger partial charge in [0.05, 0.1) is 18.9 Å². The maximum Gasteiger partial charge on any atom is 0.573 e. The van der Waals surface area contributed by atoms with Crippen molar-refractivity contribution in [2.45, 2.75) is 19.1 Å². The zero-order valence-electron chi connectivity index (χ0n) is 9.39. The van der Waals surface area contributed by atoms with E-state index in [0.717, 1.165) is 7.11 Å². The summed E-state index contributed by atoms with van der Waals surface area (Å²) in [7, 11) is 1.06. The predicted molar refractivity (Wildman–Crippen MR) is 50.4 cm³/mol. The second-order valence-electron chi connectivity index (χ2n) is 3.23. The van der Waals surface area contributed by atoms with E-state index in [9.17, 15) is 26.3 Å². The number of hydrogen-bond donors (Lipinski definition) is 1. The van der Waals surface area contributed by atoms with Gasteiger partial charge in [0.25, 0.3) is 0 Å². The van der Waals surface area contributed by atoms with Crippen LogP contribution in [0.25, 0.3) is 0 Å². The smallest absolute Gasteiger partial charge is 0.495 e. The highest BCUT2D eigenvalue weighted by Crippen LogP contribution is 2.41. The lowest BCUT2D eigenvalue weighted by Crippen LogP contribution is -2.23. The molecule has 0 spiro atoms. The number of nitrogens with zero attached hydrogens (tertiary/aromatic N) is 1. The topological polar surface area (TPSA) is 57.4 Å². The first-order valence-corrected chi connectivity index (χ1v) is 4.69. The van der Waals surface area contributed by atoms with Crippen molar-refractivity contribution in [1.29, 1.82) is 0 Å². The molecular weight excluding hydrogens is 282 g/mol. The zero-order chi connectivity index (χ0) is 14.8. The van der Waals surface area contributed by atoms with Crippen molar-refractivity contribution < 1.29 is 35.8 Å². The molecule has 0 unspecified atom stereocenters. The quantitative estimate of drug-likeness (QED) is 0.869. The Morgan fingerprint density at radius 2 is 1.79 bits per heavy atom. The molecule has 0 fully saturated rings. The van der Waals surface area contributed by atoms with Crippen LogP contribution in [0.2, 0.25) is 0 Å². The first-order valence-electron chi connectivity index (χ1n) is 4.69. The van der Waals surface area contributed by atoms with Crippen LogP contribution >= 0.6 is 0 Å². The van der Waals surface area contributed by atoms with Crippen LogP contribution in [0.15, 0.2) is 6.20 Å². The van der Waals surface area contributed by atoms with Gasteiger partial charge in [-0.2, -0.15) is 13.2 Å². The summed E-state index contributed by atoms with van der Waals surface area (Å²) in [5.41, 5.74) is 2.75. The van der Waals surface area contributed by atoms with E-state index in [-0.39, 0.29) is 5.75 Å². The molecule has 1 aromatic heterocycles. The molecule has 0 atom stereocenters. The van der Waals surface area contributed by atoms with Gasteiger partial charge in [-0.15, -0.1) is 13.2 Å². The average Bonchev–Trinajstić information content (AvgIpc) is 2.24. The van der Waals surface area contributed by atoms with Gasteiger partial charge in [0.2, 0.25) is 0 Å². The third-order valence-corrected chi connectivity index (χ3v) is 2.01. The second-order valence-corrected chi connectivity index (χ2v) is 3.23. The molecule has 0 bridgehead atoms. The van der Waals surface area contributed by atoms with E-state index in [0.29, 0.717) is 6.20 Å². The van der Waals surface area contributed by atoms with E-state index in [1.165, 1.54) is 0 Å². The lowest BCUT2D eigenvalue weighted by atomic mass is 10.1. The number of hydrogen-bond acceptors (Lipinski definition) is 4. The van der Waals surface area contributed by atoms with Gasteiger partial charge < -0.3 is 15.2 Å². The van der Waals surface area contributed by atoms with Crippen molar-refractivity contribution in [3.05, 3.63) is 17.5 Å². The molecule has 108 valence electrons. The molecule has 0 saturated heterocycles. The van der Waals surface area contributed by atoms with E-state index in [1.807, 2.05) is 0 Å². The molecule has 0 saturated carbocycles. The highest BCUT2D eigenvalue weighted by atomic mass is 19.4. The van der Waals surface area contributed by atoms with Crippen molar-refractivity contribution in [3.8, 4) is 11.5 Å². The van der Waals surface area contributed by atoms with Crippen molar-refractivity contribution >= 4 is 0 Å². The van der Waals surface area contributed by atoms with Crippen molar-refractivity contribution in [3.63, 3.8) is 0 Å². The average molecular weight is 290 g/mol. The van der Waals surface area contributed by atoms with Crippen LogP contribution in [0.3, 0.4) is 0 Å². The maximum atomic E-state index is 12.6. The van der Waals surface area contributed by atoms with Crippen molar-refractivity contribution in [1.82, 2.24) is 4.98 Å². The summed E-state index contributed by atoms with van der Waals surface area (Å²) in [5.74, 6) is -1.82. The van der Waals surface area contributed by atoms with Crippen LogP contribution in [-0.2, 0) is 12.7 Å². The van der Waals surface area contributed by atoms with Gasteiger partial charge >= 0.3 is 12.5 Å². The van der Waals surface area contributed by atoms with Crippen molar-refractivity contribution in [2.75, 3.05) is 7.11 Å². The minimum absolute atomic E-state index is 0.324. The first-order chi connectivity index (χ1) is 8.60. The molecule has 4 nitrogen and oxygen atoms in total. The fourth-order valence-electron chi connectivity index (χ4n) is 1.31. The molecule has 1 aromatic rings. The molecular formula is C9H8F6N2O2. The van der Waals surface area contributed by atoms with Gasteiger partial charge in [0.15, 0.2) is 11.4 Å². The van der Waals surface area contributed by atoms with Gasteiger partial charge in [0, 0.05) is 6.54 Å². The molecule has 0 aliphatic rings. The predicted octanol–water partition coefficient (Wildman–Crippen LogP) is 2.47. The summed E-state index contributed by atoms with van der Waals surface area (Å²) in [5, 5.41) is 0. The summed E-state index contributed by atoms with van der Waals surface area (Å²) in [6.45, 7) is -0.639.